The highest BCUT2D eigenvalue weighted by Crippen LogP contribution is 2.43. The molecule has 26 heavy (non-hydrogen) atoms. The van der Waals surface area contributed by atoms with Crippen LogP contribution >= 0.6 is 0 Å². The summed E-state index contributed by atoms with van der Waals surface area (Å²) in [5.74, 6) is 0. The summed E-state index contributed by atoms with van der Waals surface area (Å²) >= 11 is 0. The third kappa shape index (κ3) is 1.79. The van der Waals surface area contributed by atoms with Crippen LogP contribution in [0.5, 0.6) is 0 Å². The van der Waals surface area contributed by atoms with Crippen LogP contribution in [0.4, 0.5) is 5.69 Å². The van der Waals surface area contributed by atoms with E-state index in [-0.39, 0.29) is 0 Å². The van der Waals surface area contributed by atoms with Gasteiger partial charge in [-0.25, -0.2) is 0 Å². The van der Waals surface area contributed by atoms with Crippen LogP contribution in [-0.2, 0) is 6.42 Å². The van der Waals surface area contributed by atoms with E-state index in [0.29, 0.717) is 0 Å². The van der Waals surface area contributed by atoms with Crippen LogP contribution in [0.1, 0.15) is 16.8 Å². The molecule has 0 saturated heterocycles. The van der Waals surface area contributed by atoms with Crippen LogP contribution in [0.25, 0.3) is 28.2 Å². The molecular weight excluding hydrogens is 316 g/mol. The van der Waals surface area contributed by atoms with Crippen molar-refractivity contribution in [2.75, 3.05) is 0 Å². The van der Waals surface area contributed by atoms with E-state index in [1.54, 1.807) is 0 Å². The number of fused-ring (bicyclic) bond motifs is 6. The van der Waals surface area contributed by atoms with Crippen molar-refractivity contribution >= 4 is 34.0 Å². The van der Waals surface area contributed by atoms with Crippen molar-refractivity contribution in [2.24, 2.45) is 4.99 Å². The minimum Gasteiger partial charge on any atom is -0.310 e. The van der Waals surface area contributed by atoms with Crippen molar-refractivity contribution in [3.05, 3.63) is 95.7 Å². The normalized spacial score (nSPS) is 14.5. The molecule has 0 radical (unpaired) electrons. The molecule has 1 aliphatic heterocycles. The molecule has 0 unspecified atom stereocenters. The van der Waals surface area contributed by atoms with Gasteiger partial charge in [0.25, 0.3) is 0 Å². The summed E-state index contributed by atoms with van der Waals surface area (Å²) in [6.45, 7) is 0. The molecule has 1 aromatic heterocycles. The van der Waals surface area contributed by atoms with E-state index in [2.05, 4.69) is 89.5 Å². The number of benzene rings is 3. The lowest BCUT2D eigenvalue weighted by atomic mass is 9.91. The number of para-hydroxylation sites is 3. The fraction of sp³-hybridized carbons (Fsp3) is 0.0417. The lowest BCUT2D eigenvalue weighted by Gasteiger charge is -2.15. The summed E-state index contributed by atoms with van der Waals surface area (Å²) in [5, 5.41) is 1.32. The molecule has 2 heterocycles. The second kappa shape index (κ2) is 5.06. The van der Waals surface area contributed by atoms with Crippen LogP contribution in [-0.4, -0.2) is 10.3 Å². The molecule has 0 atom stereocenters. The van der Waals surface area contributed by atoms with Gasteiger partial charge in [0.1, 0.15) is 0 Å². The third-order valence-electron chi connectivity index (χ3n) is 5.42. The first-order chi connectivity index (χ1) is 12.9. The van der Waals surface area contributed by atoms with Crippen molar-refractivity contribution in [1.82, 2.24) is 4.57 Å². The van der Waals surface area contributed by atoms with E-state index in [0.717, 1.165) is 12.1 Å². The summed E-state index contributed by atoms with van der Waals surface area (Å²) in [6, 6.07) is 27.8. The van der Waals surface area contributed by atoms with Gasteiger partial charge in [0.05, 0.1) is 22.6 Å². The van der Waals surface area contributed by atoms with Gasteiger partial charge in [-0.15, -0.1) is 0 Å². The highest BCUT2D eigenvalue weighted by atomic mass is 15.0. The number of allylic oxidation sites excluding steroid dienone is 1. The number of rotatable bonds is 1. The Morgan fingerprint density at radius 1 is 0.769 bits per heavy atom. The van der Waals surface area contributed by atoms with Gasteiger partial charge in [0, 0.05) is 28.6 Å². The third-order valence-corrected chi connectivity index (χ3v) is 5.42. The first kappa shape index (κ1) is 13.9. The van der Waals surface area contributed by atoms with Crippen molar-refractivity contribution in [1.29, 1.82) is 0 Å². The van der Waals surface area contributed by atoms with Crippen LogP contribution < -0.4 is 0 Å². The Hall–Kier alpha value is -3.39. The summed E-state index contributed by atoms with van der Waals surface area (Å²) < 4.78 is 2.38. The SMILES string of the molecule is C1=C2C(=Nc3ccccc32)Cc2c1n(-c1ccccc1)c1ccccc21. The van der Waals surface area contributed by atoms with Gasteiger partial charge in [0.2, 0.25) is 0 Å². The quantitative estimate of drug-likeness (QED) is 0.418. The maximum absolute atomic E-state index is 4.90. The van der Waals surface area contributed by atoms with E-state index in [4.69, 9.17) is 4.99 Å². The number of hydrogen-bond donors (Lipinski definition) is 0. The van der Waals surface area contributed by atoms with Gasteiger partial charge >= 0.3 is 0 Å². The molecule has 2 heteroatoms. The number of aromatic nitrogens is 1. The zero-order valence-electron chi connectivity index (χ0n) is 14.2. The summed E-state index contributed by atoms with van der Waals surface area (Å²) in [5.41, 5.74) is 9.92. The minimum atomic E-state index is 0.885. The zero-order chi connectivity index (χ0) is 17.1. The Labute approximate surface area is 151 Å². The summed E-state index contributed by atoms with van der Waals surface area (Å²) in [6.07, 6.45) is 3.21. The van der Waals surface area contributed by atoms with Crippen LogP contribution in [0, 0.1) is 0 Å². The Kier molecular flexibility index (Phi) is 2.69. The van der Waals surface area contributed by atoms with Crippen molar-refractivity contribution < 1.29 is 0 Å². The lowest BCUT2D eigenvalue weighted by molar-refractivity contribution is 1.09. The number of hydrogen-bond acceptors (Lipinski definition) is 1. The van der Waals surface area contributed by atoms with Gasteiger partial charge in [0.15, 0.2) is 0 Å². The van der Waals surface area contributed by atoms with Gasteiger partial charge in [-0.2, -0.15) is 0 Å². The smallest absolute Gasteiger partial charge is 0.0712 e. The monoisotopic (exact) mass is 332 g/mol. The van der Waals surface area contributed by atoms with Crippen molar-refractivity contribution in [3.8, 4) is 5.69 Å². The standard InChI is InChI=1S/C24H16N2/c1-2-8-16(9-3-1)26-23-13-7-5-11-18(23)20-14-22-19(15-24(20)26)17-10-4-6-12-21(17)25-22/h1-13,15H,14H2. The average molecular weight is 332 g/mol. The molecule has 0 spiro atoms. The molecule has 2 aliphatic rings. The zero-order valence-corrected chi connectivity index (χ0v) is 14.2. The Balaban J connectivity index is 1.70. The second-order valence-electron chi connectivity index (χ2n) is 6.86. The highest BCUT2D eigenvalue weighted by molar-refractivity contribution is 6.35. The van der Waals surface area contributed by atoms with Gasteiger partial charge in [-0.1, -0.05) is 54.6 Å². The van der Waals surface area contributed by atoms with Crippen LogP contribution in [0.15, 0.2) is 83.9 Å². The van der Waals surface area contributed by atoms with Gasteiger partial charge in [-0.05, 0) is 35.9 Å². The molecule has 6 rings (SSSR count). The van der Waals surface area contributed by atoms with E-state index in [1.807, 2.05) is 0 Å². The summed E-state index contributed by atoms with van der Waals surface area (Å²) in [4.78, 5) is 4.90. The lowest BCUT2D eigenvalue weighted by Crippen LogP contribution is -2.10. The molecule has 4 aromatic rings. The molecule has 0 N–H and O–H groups in total. The van der Waals surface area contributed by atoms with E-state index < -0.39 is 0 Å². The van der Waals surface area contributed by atoms with Crippen LogP contribution in [0.2, 0.25) is 0 Å². The van der Waals surface area contributed by atoms with E-state index in [1.165, 1.54) is 44.7 Å². The maximum atomic E-state index is 4.90. The van der Waals surface area contributed by atoms with Crippen molar-refractivity contribution in [3.63, 3.8) is 0 Å². The Bertz CT molecular complexity index is 1240. The molecule has 0 saturated carbocycles. The minimum absolute atomic E-state index is 0.885. The van der Waals surface area contributed by atoms with Gasteiger partial charge < -0.3 is 4.57 Å². The molecule has 1 aliphatic carbocycles. The van der Waals surface area contributed by atoms with E-state index >= 15 is 0 Å². The first-order valence-electron chi connectivity index (χ1n) is 8.97. The first-order valence-corrected chi connectivity index (χ1v) is 8.97. The maximum Gasteiger partial charge on any atom is 0.0712 e. The van der Waals surface area contributed by atoms with E-state index in [9.17, 15) is 0 Å². The molecule has 0 bridgehead atoms. The van der Waals surface area contributed by atoms with Crippen LogP contribution in [0.3, 0.4) is 0 Å². The average Bonchev–Trinajstić information content (AvgIpc) is 3.22. The summed E-state index contributed by atoms with van der Waals surface area (Å²) in [7, 11) is 0. The fourth-order valence-corrected chi connectivity index (χ4v) is 4.28. The molecule has 0 amide bonds. The van der Waals surface area contributed by atoms with Crippen molar-refractivity contribution in [2.45, 2.75) is 6.42 Å². The highest BCUT2D eigenvalue weighted by Gasteiger charge is 2.29. The number of aliphatic imine (C=N–C) groups is 1. The molecular formula is C24H16N2. The number of nitrogens with zero attached hydrogens (tertiary/aromatic N) is 2. The predicted molar refractivity (Wildman–Crippen MR) is 108 cm³/mol. The van der Waals surface area contributed by atoms with Gasteiger partial charge in [-0.3, -0.25) is 4.99 Å². The fourth-order valence-electron chi connectivity index (χ4n) is 4.28. The molecule has 122 valence electrons. The molecule has 3 aromatic carbocycles. The largest absolute Gasteiger partial charge is 0.310 e. The Morgan fingerprint density at radius 2 is 1.54 bits per heavy atom. The molecule has 2 nitrogen and oxygen atoms in total. The predicted octanol–water partition coefficient (Wildman–Crippen LogP) is 5.81. The second-order valence-corrected chi connectivity index (χ2v) is 6.86. The Morgan fingerprint density at radius 3 is 2.46 bits per heavy atom. The topological polar surface area (TPSA) is 17.3 Å². The molecule has 0 fully saturated rings.